The first-order valence-corrected chi connectivity index (χ1v) is 20.8. The van der Waals surface area contributed by atoms with Crippen molar-refractivity contribution in [1.29, 1.82) is 0 Å². The van der Waals surface area contributed by atoms with Crippen LogP contribution in [-0.2, 0) is 45.1 Å². The van der Waals surface area contributed by atoms with E-state index in [0.29, 0.717) is 49.8 Å². The summed E-state index contributed by atoms with van der Waals surface area (Å²) in [6.07, 6.45) is 3.38. The molecule has 2 rings (SSSR count). The summed E-state index contributed by atoms with van der Waals surface area (Å²) in [7, 11) is -3.81. The molecule has 55 heavy (non-hydrogen) atoms. The van der Waals surface area contributed by atoms with Gasteiger partial charge < -0.3 is 35.3 Å². The summed E-state index contributed by atoms with van der Waals surface area (Å²) >= 11 is 0. The van der Waals surface area contributed by atoms with E-state index in [2.05, 4.69) is 20.7 Å². The van der Waals surface area contributed by atoms with Gasteiger partial charge in [0.15, 0.2) is 0 Å². The number of benzene rings is 1. The Bertz CT molecular complexity index is 1570. The topological polar surface area (TPSA) is 216 Å². The first-order valence-electron chi connectivity index (χ1n) is 18.9. The maximum Gasteiger partial charge on any atom is 0.407 e. The summed E-state index contributed by atoms with van der Waals surface area (Å²) in [6.45, 7) is 16.1. The lowest BCUT2D eigenvalue weighted by Gasteiger charge is -2.33. The minimum Gasteiger partial charge on any atom is -0.488 e. The zero-order chi connectivity index (χ0) is 41.8. The SMILES string of the molecule is CC(C)(C)OC(=O)NCCCC[C@H](NS(C)(=O)=O)C(=O)NC[C@@H](CC1(C(=O)N[C@@H](Cc2ccc(OC(C)(C)C)cc2)C(=O)O)CCCC1)C(=O)OC(C)(C)C. The van der Waals surface area contributed by atoms with Gasteiger partial charge in [-0.05, 0) is 119 Å². The highest BCUT2D eigenvalue weighted by atomic mass is 32.2. The lowest BCUT2D eigenvalue weighted by molar-refractivity contribution is -0.161. The van der Waals surface area contributed by atoms with Gasteiger partial charge in [-0.25, -0.2) is 22.7 Å². The number of ether oxygens (including phenoxy) is 3. The van der Waals surface area contributed by atoms with Crippen LogP contribution in [0.3, 0.4) is 0 Å². The van der Waals surface area contributed by atoms with E-state index in [0.717, 1.165) is 6.26 Å². The number of aliphatic carboxylic acids is 1. The molecule has 5 N–H and O–H groups in total. The normalized spacial score (nSPS) is 16.3. The van der Waals surface area contributed by atoms with E-state index >= 15 is 0 Å². The van der Waals surface area contributed by atoms with Crippen molar-refractivity contribution in [3.05, 3.63) is 29.8 Å². The third kappa shape index (κ3) is 18.5. The van der Waals surface area contributed by atoms with E-state index in [4.69, 9.17) is 14.2 Å². The van der Waals surface area contributed by atoms with E-state index in [1.807, 2.05) is 20.8 Å². The van der Waals surface area contributed by atoms with Crippen LogP contribution in [0.1, 0.15) is 119 Å². The third-order valence-corrected chi connectivity index (χ3v) is 9.31. The van der Waals surface area contributed by atoms with Gasteiger partial charge in [0.25, 0.3) is 0 Å². The molecule has 0 saturated heterocycles. The van der Waals surface area contributed by atoms with E-state index in [-0.39, 0.29) is 32.4 Å². The predicted molar refractivity (Wildman–Crippen MR) is 208 cm³/mol. The summed E-state index contributed by atoms with van der Waals surface area (Å²) < 4.78 is 43.5. The number of sulfonamides is 1. The largest absolute Gasteiger partial charge is 0.488 e. The van der Waals surface area contributed by atoms with Crippen LogP contribution in [0.25, 0.3) is 0 Å². The number of carboxylic acids is 1. The number of amides is 3. The number of hydrogen-bond acceptors (Lipinski definition) is 10. The number of unbranched alkanes of at least 4 members (excludes halogenated alkanes) is 1. The first kappa shape index (κ1) is 47.2. The lowest BCUT2D eigenvalue weighted by Crippen LogP contribution is -2.51. The number of rotatable bonds is 19. The van der Waals surface area contributed by atoms with Crippen molar-refractivity contribution in [3.63, 3.8) is 0 Å². The van der Waals surface area contributed by atoms with Crippen LogP contribution in [0.5, 0.6) is 5.75 Å². The van der Waals surface area contributed by atoms with Crippen LogP contribution < -0.4 is 25.4 Å². The Morgan fingerprint density at radius 1 is 0.818 bits per heavy atom. The summed E-state index contributed by atoms with van der Waals surface area (Å²) in [5, 5.41) is 18.2. The second-order valence-corrected chi connectivity index (χ2v) is 19.2. The van der Waals surface area contributed by atoms with Crippen molar-refractivity contribution in [2.75, 3.05) is 19.3 Å². The standard InChI is InChI=1S/C39H64N4O11S/c1-36(2,3)52-28-18-16-26(17-19-28)23-30(32(45)46)42-34(48)39(20-12-13-21-39)24-27(33(47)53-37(4,5)6)25-41-31(44)29(43-55(10,50)51)15-11-14-22-40-35(49)54-38(7,8)9/h16-19,27,29-30,43H,11-15,20-25H2,1-10H3,(H,40,49)(H,41,44)(H,42,48)(H,45,46)/t27-,29+,30+/m1/s1. The molecule has 1 saturated carbocycles. The van der Waals surface area contributed by atoms with E-state index < -0.39 is 80.1 Å². The molecule has 0 spiro atoms. The van der Waals surface area contributed by atoms with E-state index in [1.165, 1.54) is 0 Å². The summed E-state index contributed by atoms with van der Waals surface area (Å²) in [6, 6.07) is 4.58. The zero-order valence-corrected chi connectivity index (χ0v) is 35.1. The lowest BCUT2D eigenvalue weighted by atomic mass is 9.76. The molecular weight excluding hydrogens is 733 g/mol. The highest BCUT2D eigenvalue weighted by molar-refractivity contribution is 7.88. The number of carbonyl (C=O) groups excluding carboxylic acids is 4. The second-order valence-electron chi connectivity index (χ2n) is 17.5. The zero-order valence-electron chi connectivity index (χ0n) is 34.3. The number of alkyl carbamates (subject to hydrolysis) is 1. The second kappa shape index (κ2) is 19.8. The van der Waals surface area contributed by atoms with Crippen LogP contribution in [-0.4, -0.2) is 91.6 Å². The molecule has 0 aromatic heterocycles. The Balaban J connectivity index is 2.21. The van der Waals surface area contributed by atoms with E-state index in [1.54, 1.807) is 65.8 Å². The minimum atomic E-state index is -3.81. The van der Waals surface area contributed by atoms with Crippen LogP contribution >= 0.6 is 0 Å². The molecule has 0 bridgehead atoms. The van der Waals surface area contributed by atoms with Gasteiger partial charge in [-0.15, -0.1) is 0 Å². The summed E-state index contributed by atoms with van der Waals surface area (Å²) in [4.78, 5) is 65.5. The van der Waals surface area contributed by atoms with Gasteiger partial charge in [0, 0.05) is 19.5 Å². The maximum absolute atomic E-state index is 14.1. The quantitative estimate of drug-likeness (QED) is 0.0963. The molecular formula is C39H64N4O11S. The molecule has 15 nitrogen and oxygen atoms in total. The fourth-order valence-corrected chi connectivity index (χ4v) is 7.03. The number of carboxylic acid groups (broad SMARTS) is 1. The number of esters is 1. The van der Waals surface area contributed by atoms with Gasteiger partial charge in [-0.3, -0.25) is 14.4 Å². The number of carbonyl (C=O) groups is 5. The number of nitrogens with one attached hydrogen (secondary N) is 4. The first-order chi connectivity index (χ1) is 25.2. The predicted octanol–water partition coefficient (Wildman–Crippen LogP) is 4.61. The van der Waals surface area contributed by atoms with Crippen LogP contribution in [0.4, 0.5) is 4.79 Å². The molecule has 0 heterocycles. The van der Waals surface area contributed by atoms with Crippen LogP contribution in [0.2, 0.25) is 0 Å². The molecule has 0 unspecified atom stereocenters. The molecule has 312 valence electrons. The average molecular weight is 797 g/mol. The monoisotopic (exact) mass is 796 g/mol. The van der Waals surface area contributed by atoms with Gasteiger partial charge in [0.1, 0.15) is 34.6 Å². The molecule has 1 aromatic carbocycles. The molecule has 3 amide bonds. The summed E-state index contributed by atoms with van der Waals surface area (Å²) in [5.74, 6) is -3.42. The molecule has 0 radical (unpaired) electrons. The molecule has 3 atom stereocenters. The van der Waals surface area contributed by atoms with Crippen molar-refractivity contribution >= 4 is 39.9 Å². The minimum absolute atomic E-state index is 0.0181. The maximum atomic E-state index is 14.1. The Hall–Kier alpha value is -3.92. The van der Waals surface area contributed by atoms with Crippen molar-refractivity contribution in [1.82, 2.24) is 20.7 Å². The fourth-order valence-electron chi connectivity index (χ4n) is 6.29. The Morgan fingerprint density at radius 3 is 1.91 bits per heavy atom. The van der Waals surface area contributed by atoms with Gasteiger partial charge in [-0.2, -0.15) is 0 Å². The average Bonchev–Trinajstić information content (AvgIpc) is 3.49. The Kier molecular flexibility index (Phi) is 17.0. The third-order valence-electron chi connectivity index (χ3n) is 8.59. The molecule has 1 aliphatic carbocycles. The van der Waals surface area contributed by atoms with Crippen molar-refractivity contribution in [2.45, 2.75) is 149 Å². The van der Waals surface area contributed by atoms with Gasteiger partial charge >= 0.3 is 18.0 Å². The van der Waals surface area contributed by atoms with Crippen molar-refractivity contribution in [3.8, 4) is 5.75 Å². The molecule has 1 aromatic rings. The van der Waals surface area contributed by atoms with Gasteiger partial charge in [0.05, 0.1) is 17.6 Å². The van der Waals surface area contributed by atoms with E-state index in [9.17, 15) is 37.5 Å². The Labute approximate surface area is 326 Å². The number of hydrogen-bond donors (Lipinski definition) is 5. The smallest absolute Gasteiger partial charge is 0.407 e. The van der Waals surface area contributed by atoms with Crippen molar-refractivity contribution < 1.29 is 51.7 Å². The molecule has 1 aliphatic rings. The van der Waals surface area contributed by atoms with Gasteiger partial charge in [-0.1, -0.05) is 25.0 Å². The molecule has 16 heteroatoms. The Morgan fingerprint density at radius 2 is 1.40 bits per heavy atom. The van der Waals surface area contributed by atoms with Gasteiger partial charge in [0.2, 0.25) is 21.8 Å². The molecule has 0 aliphatic heterocycles. The fraction of sp³-hybridized carbons (Fsp3) is 0.718. The highest BCUT2D eigenvalue weighted by Crippen LogP contribution is 2.44. The summed E-state index contributed by atoms with van der Waals surface area (Å²) in [5.41, 5.74) is -2.40. The van der Waals surface area contributed by atoms with Crippen LogP contribution in [0, 0.1) is 11.3 Å². The van der Waals surface area contributed by atoms with Crippen LogP contribution in [0.15, 0.2) is 24.3 Å². The highest BCUT2D eigenvalue weighted by Gasteiger charge is 2.46. The molecule has 1 fully saturated rings. The van der Waals surface area contributed by atoms with Crippen molar-refractivity contribution in [2.24, 2.45) is 11.3 Å².